The highest BCUT2D eigenvalue weighted by atomic mass is 32.2. The van der Waals surface area contributed by atoms with E-state index in [9.17, 15) is 16.8 Å². The second kappa shape index (κ2) is 37.5. The Morgan fingerprint density at radius 1 is 0.414 bits per heavy atom. The third-order valence-electron chi connectivity index (χ3n) is 10.4. The van der Waals surface area contributed by atoms with Crippen molar-refractivity contribution in [3.05, 3.63) is 212 Å². The van der Waals surface area contributed by atoms with Crippen LogP contribution < -0.4 is 5.73 Å². The lowest BCUT2D eigenvalue weighted by atomic mass is 10.0. The van der Waals surface area contributed by atoms with Crippen LogP contribution in [0.3, 0.4) is 0 Å². The Morgan fingerprint density at radius 2 is 0.629 bits per heavy atom. The van der Waals surface area contributed by atoms with Crippen LogP contribution in [0.4, 0.5) is 0 Å². The summed E-state index contributed by atoms with van der Waals surface area (Å²) in [5, 5.41) is 26.3. The van der Waals surface area contributed by atoms with Crippen molar-refractivity contribution in [3.63, 3.8) is 0 Å². The summed E-state index contributed by atoms with van der Waals surface area (Å²) in [6.07, 6.45) is 7.43. The second-order valence-electron chi connectivity index (χ2n) is 15.4. The first-order valence-corrected chi connectivity index (χ1v) is 27.8. The Hall–Kier alpha value is -4.32. The van der Waals surface area contributed by atoms with Gasteiger partial charge in [-0.3, -0.25) is 8.37 Å². The zero-order valence-electron chi connectivity index (χ0n) is 43.6. The zero-order chi connectivity index (χ0) is 54.0. The predicted molar refractivity (Wildman–Crippen MR) is 296 cm³/mol. The molecule has 0 saturated carbocycles. The van der Waals surface area contributed by atoms with Crippen LogP contribution in [0.2, 0.25) is 0 Å². The van der Waals surface area contributed by atoms with E-state index in [0.29, 0.717) is 6.54 Å². The van der Waals surface area contributed by atoms with Gasteiger partial charge in [0.2, 0.25) is 0 Å². The van der Waals surface area contributed by atoms with E-state index in [4.69, 9.17) is 32.2 Å². The SMILES string of the molecule is CCc1ccccc1COS(C)(=O)=O.CCc1ccccc1COS(C)(=O)=O.NCc1ccccc1CO.OCc1ccccc1CO.[3H]C(S)Cc1ccccc1CC.[3H]C(S)Cc1ccccc1CC. The quantitative estimate of drug-likeness (QED) is 0.0359. The molecule has 0 aliphatic carbocycles. The fourth-order valence-electron chi connectivity index (χ4n) is 6.60. The van der Waals surface area contributed by atoms with Gasteiger partial charge in [0, 0.05) is 9.29 Å². The third kappa shape index (κ3) is 27.3. The average molecular weight is 1040 g/mol. The number of nitrogens with two attached hydrogens (primary N) is 1. The molecule has 0 aromatic heterocycles. The first kappa shape index (κ1) is 60.0. The molecule has 0 aliphatic heterocycles. The van der Waals surface area contributed by atoms with Crippen molar-refractivity contribution < 1.29 is 43.3 Å². The van der Waals surface area contributed by atoms with Crippen molar-refractivity contribution in [1.29, 1.82) is 0 Å². The van der Waals surface area contributed by atoms with E-state index in [0.717, 1.165) is 95.5 Å². The topological polar surface area (TPSA) is 173 Å². The van der Waals surface area contributed by atoms with Gasteiger partial charge in [0.25, 0.3) is 20.2 Å². The summed E-state index contributed by atoms with van der Waals surface area (Å²) < 4.78 is 67.3. The van der Waals surface area contributed by atoms with Crippen molar-refractivity contribution >= 4 is 45.5 Å². The summed E-state index contributed by atoms with van der Waals surface area (Å²) in [5.74, 6) is 0. The van der Waals surface area contributed by atoms with Gasteiger partial charge in [0.05, 0.1) is 45.5 Å². The maximum Gasteiger partial charge on any atom is 0.264 e. The highest BCUT2D eigenvalue weighted by molar-refractivity contribution is 7.86. The first-order chi connectivity index (χ1) is 34.3. The molecule has 5 N–H and O–H groups in total. The largest absolute Gasteiger partial charge is 0.392 e. The van der Waals surface area contributed by atoms with Crippen molar-refractivity contribution in [2.24, 2.45) is 5.73 Å². The predicted octanol–water partition coefficient (Wildman–Crippen LogP) is 10.2. The van der Waals surface area contributed by atoms with Crippen LogP contribution >= 0.6 is 25.3 Å². The Balaban J connectivity index is 0.000000434. The summed E-state index contributed by atoms with van der Waals surface area (Å²) >= 11 is 8.12. The molecular weight excluding hydrogens is 959 g/mol. The molecule has 6 aromatic carbocycles. The van der Waals surface area contributed by atoms with Gasteiger partial charge in [0.15, 0.2) is 0 Å². The highest BCUT2D eigenvalue weighted by Gasteiger charge is 2.07. The molecule has 70 heavy (non-hydrogen) atoms. The van der Waals surface area contributed by atoms with Gasteiger partial charge in [0.1, 0.15) is 0 Å². The van der Waals surface area contributed by atoms with E-state index >= 15 is 0 Å². The zero-order valence-corrected chi connectivity index (χ0v) is 45.0. The molecule has 14 heteroatoms. The molecule has 384 valence electrons. The van der Waals surface area contributed by atoms with Crippen molar-refractivity contribution in [1.82, 2.24) is 0 Å². The van der Waals surface area contributed by atoms with Crippen LogP contribution in [0.25, 0.3) is 0 Å². The Morgan fingerprint density at radius 3 is 0.843 bits per heavy atom. The maximum absolute atomic E-state index is 10.8. The molecule has 0 saturated heterocycles. The van der Waals surface area contributed by atoms with Gasteiger partial charge >= 0.3 is 0 Å². The van der Waals surface area contributed by atoms with E-state index in [2.05, 4.69) is 63.4 Å². The Kier molecular flexibility index (Phi) is 32.1. The van der Waals surface area contributed by atoms with Crippen molar-refractivity contribution in [2.75, 3.05) is 24.0 Å². The van der Waals surface area contributed by atoms with Crippen LogP contribution in [-0.2, 0) is 107 Å². The van der Waals surface area contributed by atoms with Crippen LogP contribution in [-0.4, -0.2) is 56.1 Å². The molecule has 6 aromatic rings. The van der Waals surface area contributed by atoms with Gasteiger partial charge in [-0.25, -0.2) is 0 Å². The summed E-state index contributed by atoms with van der Waals surface area (Å²) in [6, 6.07) is 46.7. The molecule has 0 spiro atoms. The molecule has 10 nitrogen and oxygen atoms in total. The number of rotatable bonds is 18. The maximum atomic E-state index is 10.8. The summed E-state index contributed by atoms with van der Waals surface area (Å²) in [7, 11) is -6.69. The number of aliphatic hydroxyl groups is 3. The molecule has 0 aliphatic rings. The second-order valence-corrected chi connectivity index (χ2v) is 19.4. The molecule has 0 fully saturated rings. The van der Waals surface area contributed by atoms with Crippen LogP contribution in [0, 0.1) is 0 Å². The van der Waals surface area contributed by atoms with Crippen LogP contribution in [0.5, 0.6) is 0 Å². The van der Waals surface area contributed by atoms with Crippen LogP contribution in [0.15, 0.2) is 146 Å². The van der Waals surface area contributed by atoms with E-state index in [1.807, 2.05) is 123 Å². The Labute approximate surface area is 434 Å². The fraction of sp³-hybridized carbons (Fsp3) is 0.357. The van der Waals surface area contributed by atoms with E-state index in [1.54, 1.807) is 12.1 Å². The smallest absolute Gasteiger partial charge is 0.264 e. The van der Waals surface area contributed by atoms with Gasteiger partial charge in [-0.05, 0) is 117 Å². The molecule has 0 bridgehead atoms. The minimum absolute atomic E-state index is 0.00324. The molecule has 0 heterocycles. The van der Waals surface area contributed by atoms with E-state index < -0.39 is 20.2 Å². The fourth-order valence-corrected chi connectivity index (χ4v) is 7.68. The standard InChI is InChI=1S/2C10H14O3S.2C10H14S.C8H11NO.C8H10O2/c2*1-3-9-6-4-5-7-10(9)8-13-14(2,11)12;2*1-2-9-5-3-4-6-10(9)7-8-11;2*9-5-7-3-1-2-4-8(7)6-10/h2*4-7H,3,8H2,1-2H3;2*3-6,11H,2,7-8H2,1H3;1-4,10H,5-6,9H2;1-4,9-10H,5-6H2/i;;2*8T;;. The number of aliphatic hydroxyl groups excluding tert-OH is 3. The summed E-state index contributed by atoms with van der Waals surface area (Å²) in [6.45, 7) is 9.15. The Bertz CT molecular complexity index is 2410. The van der Waals surface area contributed by atoms with E-state index in [-0.39, 0.29) is 44.5 Å². The number of benzene rings is 6. The monoisotopic (exact) mass is 1040 g/mol. The molecular formula is C56H77NO9S4. The average Bonchev–Trinajstić information content (AvgIpc) is 3.38. The molecule has 6 rings (SSSR count). The van der Waals surface area contributed by atoms with Gasteiger partial charge in [-0.1, -0.05) is 173 Å². The number of aryl methyl sites for hydroxylation is 6. The number of hydrogen-bond donors (Lipinski definition) is 6. The number of thiol groups is 2. The van der Waals surface area contributed by atoms with Gasteiger partial charge in [-0.2, -0.15) is 42.1 Å². The molecule has 2 unspecified atom stereocenters. The van der Waals surface area contributed by atoms with Gasteiger partial charge < -0.3 is 21.1 Å². The molecule has 2 atom stereocenters. The van der Waals surface area contributed by atoms with Crippen molar-refractivity contribution in [3.8, 4) is 0 Å². The lowest BCUT2D eigenvalue weighted by Crippen LogP contribution is -2.04. The van der Waals surface area contributed by atoms with Crippen molar-refractivity contribution in [2.45, 2.75) is 106 Å². The summed E-state index contributed by atoms with van der Waals surface area (Å²) in [5.41, 5.74) is 17.7. The third-order valence-corrected chi connectivity index (χ3v) is 11.9. The van der Waals surface area contributed by atoms with Gasteiger partial charge in [-0.15, -0.1) is 0 Å². The lowest BCUT2D eigenvalue weighted by molar-refractivity contribution is 0.260. The van der Waals surface area contributed by atoms with E-state index in [1.165, 1.54) is 22.3 Å². The van der Waals surface area contributed by atoms with Crippen LogP contribution in [0.1, 0.15) is 97.2 Å². The normalized spacial score (nSPS) is 11.9. The minimum atomic E-state index is -3.35. The highest BCUT2D eigenvalue weighted by Crippen LogP contribution is 2.14. The molecule has 0 radical (unpaired) electrons. The minimum Gasteiger partial charge on any atom is -0.392 e. The summed E-state index contributed by atoms with van der Waals surface area (Å²) in [4.78, 5) is 0. The number of hydrogen-bond acceptors (Lipinski definition) is 12. The molecule has 0 amide bonds. The lowest BCUT2D eigenvalue weighted by Gasteiger charge is -2.06. The first-order valence-electron chi connectivity index (χ1n) is 24.3.